The molecule has 26 heavy (non-hydrogen) atoms. The van der Waals surface area contributed by atoms with Crippen molar-refractivity contribution in [3.05, 3.63) is 0 Å². The van der Waals surface area contributed by atoms with Crippen LogP contribution in [0, 0.1) is 17.8 Å². The van der Waals surface area contributed by atoms with Crippen molar-refractivity contribution >= 4 is 12.1 Å². The Hall–Kier alpha value is -1.74. The number of hydrogen-bond donors (Lipinski definition) is 2. The van der Waals surface area contributed by atoms with Crippen LogP contribution < -0.4 is 11.1 Å². The zero-order chi connectivity index (χ0) is 20.0. The Balaban J connectivity index is 2.87. The Kier molecular flexibility index (Phi) is 7.95. The number of carbonyl (C=O) groups excluding carboxylic acids is 2. The van der Waals surface area contributed by atoms with E-state index in [0.29, 0.717) is 0 Å². The van der Waals surface area contributed by atoms with Gasteiger partial charge >= 0.3 is 12.1 Å². The number of rotatable bonds is 3. The largest absolute Gasteiger partial charge is 0.459 e. The molecule has 0 heterocycles. The summed E-state index contributed by atoms with van der Waals surface area (Å²) < 4.78 is 10.6. The van der Waals surface area contributed by atoms with Crippen molar-refractivity contribution in [2.45, 2.75) is 96.9 Å². The van der Waals surface area contributed by atoms with Crippen molar-refractivity contribution in [1.29, 1.82) is 0 Å². The quantitative estimate of drug-likeness (QED) is 0.591. The van der Waals surface area contributed by atoms with Crippen LogP contribution >= 0.6 is 0 Å². The molecule has 0 aromatic rings. The minimum atomic E-state index is -1.09. The van der Waals surface area contributed by atoms with Gasteiger partial charge < -0.3 is 20.5 Å². The molecule has 0 unspecified atom stereocenters. The van der Waals surface area contributed by atoms with Gasteiger partial charge in [-0.1, -0.05) is 31.1 Å². The molecule has 1 aliphatic rings. The summed E-state index contributed by atoms with van der Waals surface area (Å²) in [7, 11) is 0. The van der Waals surface area contributed by atoms with Crippen molar-refractivity contribution in [2.75, 3.05) is 0 Å². The fraction of sp³-hybridized carbons (Fsp3) is 0.800. The fourth-order valence-electron chi connectivity index (χ4n) is 2.61. The second kappa shape index (κ2) is 9.27. The zero-order valence-electron chi connectivity index (χ0n) is 17.0. The van der Waals surface area contributed by atoms with Gasteiger partial charge in [0, 0.05) is 5.92 Å². The van der Waals surface area contributed by atoms with Crippen LogP contribution in [0.3, 0.4) is 0 Å². The molecule has 148 valence electrons. The lowest BCUT2D eigenvalue weighted by molar-refractivity contribution is -0.156. The summed E-state index contributed by atoms with van der Waals surface area (Å²) in [5.41, 5.74) is 4.73. The lowest BCUT2D eigenvalue weighted by Crippen LogP contribution is -2.53. The van der Waals surface area contributed by atoms with Gasteiger partial charge in [-0.2, -0.15) is 0 Å². The molecule has 0 aromatic heterocycles. The standard InChI is InChI=1S/C20H34N2O4/c1-19(2,3)25-17(23)16(21)15(22-18(24)26-20(4,5)6)13-12-14-10-8-7-9-11-14/h14-16H,7-11,21H2,1-6H3,(H,22,24)/t15-,16+/m0/s1. The van der Waals surface area contributed by atoms with Crippen LogP contribution in [0.4, 0.5) is 4.79 Å². The van der Waals surface area contributed by atoms with Gasteiger partial charge in [0.05, 0.1) is 0 Å². The highest BCUT2D eigenvalue weighted by molar-refractivity contribution is 5.79. The number of ether oxygens (including phenoxy) is 2. The lowest BCUT2D eigenvalue weighted by atomic mass is 9.89. The molecule has 2 atom stereocenters. The Labute approximate surface area is 157 Å². The molecular formula is C20H34N2O4. The predicted molar refractivity (Wildman–Crippen MR) is 101 cm³/mol. The van der Waals surface area contributed by atoms with E-state index in [4.69, 9.17) is 15.2 Å². The molecule has 0 aromatic carbocycles. The van der Waals surface area contributed by atoms with E-state index in [1.807, 2.05) is 0 Å². The molecule has 0 radical (unpaired) electrons. The maximum absolute atomic E-state index is 12.3. The summed E-state index contributed by atoms with van der Waals surface area (Å²) in [5, 5.41) is 2.62. The molecule has 1 aliphatic carbocycles. The van der Waals surface area contributed by atoms with E-state index in [1.54, 1.807) is 41.5 Å². The fourth-order valence-corrected chi connectivity index (χ4v) is 2.61. The van der Waals surface area contributed by atoms with Crippen LogP contribution in [0.15, 0.2) is 0 Å². The number of amides is 1. The van der Waals surface area contributed by atoms with Crippen LogP contribution in [0.2, 0.25) is 0 Å². The third kappa shape index (κ3) is 9.10. The second-order valence-corrected chi connectivity index (χ2v) is 8.81. The molecule has 0 aliphatic heterocycles. The second-order valence-electron chi connectivity index (χ2n) is 8.81. The monoisotopic (exact) mass is 366 g/mol. The number of alkyl carbamates (subject to hydrolysis) is 1. The first kappa shape index (κ1) is 22.3. The Bertz CT molecular complexity index is 543. The first-order valence-electron chi connectivity index (χ1n) is 9.36. The van der Waals surface area contributed by atoms with Crippen LogP contribution in [0.5, 0.6) is 0 Å². The van der Waals surface area contributed by atoms with E-state index in [1.165, 1.54) is 6.42 Å². The van der Waals surface area contributed by atoms with Gasteiger partial charge in [-0.3, -0.25) is 4.79 Å². The molecule has 3 N–H and O–H groups in total. The topological polar surface area (TPSA) is 90.6 Å². The number of esters is 1. The molecule has 0 spiro atoms. The molecule has 6 nitrogen and oxygen atoms in total. The number of nitrogens with two attached hydrogens (primary N) is 1. The normalized spacial score (nSPS) is 18.1. The van der Waals surface area contributed by atoms with E-state index in [2.05, 4.69) is 17.2 Å². The van der Waals surface area contributed by atoms with Crippen LogP contribution in [-0.4, -0.2) is 35.3 Å². The third-order valence-electron chi connectivity index (χ3n) is 3.76. The van der Waals surface area contributed by atoms with E-state index >= 15 is 0 Å². The van der Waals surface area contributed by atoms with Gasteiger partial charge in [-0.15, -0.1) is 0 Å². The Morgan fingerprint density at radius 2 is 1.54 bits per heavy atom. The third-order valence-corrected chi connectivity index (χ3v) is 3.76. The van der Waals surface area contributed by atoms with Crippen LogP contribution in [0.1, 0.15) is 73.6 Å². The first-order chi connectivity index (χ1) is 11.9. The smallest absolute Gasteiger partial charge is 0.408 e. The van der Waals surface area contributed by atoms with Crippen molar-refractivity contribution in [2.24, 2.45) is 11.7 Å². The maximum atomic E-state index is 12.3. The van der Waals surface area contributed by atoms with Gasteiger partial charge in [0.25, 0.3) is 0 Å². The first-order valence-corrected chi connectivity index (χ1v) is 9.36. The average Bonchev–Trinajstić information content (AvgIpc) is 2.48. The summed E-state index contributed by atoms with van der Waals surface area (Å²) >= 11 is 0. The average molecular weight is 367 g/mol. The van der Waals surface area contributed by atoms with Crippen molar-refractivity contribution in [3.8, 4) is 11.8 Å². The molecule has 1 fully saturated rings. The lowest BCUT2D eigenvalue weighted by Gasteiger charge is -2.26. The molecule has 0 bridgehead atoms. The molecular weight excluding hydrogens is 332 g/mol. The zero-order valence-corrected chi connectivity index (χ0v) is 17.0. The Morgan fingerprint density at radius 3 is 2.04 bits per heavy atom. The molecule has 1 rings (SSSR count). The van der Waals surface area contributed by atoms with Gasteiger partial charge in [0.15, 0.2) is 0 Å². The van der Waals surface area contributed by atoms with E-state index < -0.39 is 35.3 Å². The molecule has 1 amide bonds. The molecule has 1 saturated carbocycles. The number of carbonyl (C=O) groups is 2. The van der Waals surface area contributed by atoms with E-state index in [-0.39, 0.29) is 5.92 Å². The highest BCUT2D eigenvalue weighted by Gasteiger charge is 2.31. The summed E-state index contributed by atoms with van der Waals surface area (Å²) in [6.07, 6.45) is 4.96. The minimum absolute atomic E-state index is 0.275. The summed E-state index contributed by atoms with van der Waals surface area (Å²) in [6.45, 7) is 10.6. The minimum Gasteiger partial charge on any atom is -0.459 e. The molecule has 0 saturated heterocycles. The van der Waals surface area contributed by atoms with Gasteiger partial charge in [-0.25, -0.2) is 4.79 Å². The maximum Gasteiger partial charge on any atom is 0.408 e. The van der Waals surface area contributed by atoms with E-state index in [0.717, 1.165) is 25.7 Å². The highest BCUT2D eigenvalue weighted by Crippen LogP contribution is 2.22. The van der Waals surface area contributed by atoms with Gasteiger partial charge in [-0.05, 0) is 54.4 Å². The van der Waals surface area contributed by atoms with Crippen LogP contribution in [-0.2, 0) is 14.3 Å². The summed E-state index contributed by atoms with van der Waals surface area (Å²) in [6, 6.07) is -1.94. The van der Waals surface area contributed by atoms with Gasteiger partial charge in [0.2, 0.25) is 0 Å². The number of hydrogen-bond acceptors (Lipinski definition) is 5. The molecule has 6 heteroatoms. The SMILES string of the molecule is CC(C)(C)OC(=O)N[C@@H](C#CC1CCCCC1)[C@@H](N)C(=O)OC(C)(C)C. The number of nitrogens with one attached hydrogen (secondary N) is 1. The van der Waals surface area contributed by atoms with Crippen molar-refractivity contribution in [1.82, 2.24) is 5.32 Å². The predicted octanol–water partition coefficient (Wildman–Crippen LogP) is 3.13. The highest BCUT2D eigenvalue weighted by atomic mass is 16.6. The Morgan fingerprint density at radius 1 is 1.00 bits per heavy atom. The van der Waals surface area contributed by atoms with Crippen molar-refractivity contribution < 1.29 is 19.1 Å². The van der Waals surface area contributed by atoms with E-state index in [9.17, 15) is 9.59 Å². The van der Waals surface area contributed by atoms with Gasteiger partial charge in [0.1, 0.15) is 23.3 Å². The van der Waals surface area contributed by atoms with Crippen molar-refractivity contribution in [3.63, 3.8) is 0 Å². The summed E-state index contributed by atoms with van der Waals surface area (Å²) in [5.74, 6) is 5.84. The summed E-state index contributed by atoms with van der Waals surface area (Å²) in [4.78, 5) is 24.4. The van der Waals surface area contributed by atoms with Crippen LogP contribution in [0.25, 0.3) is 0 Å².